The minimum atomic E-state index is -0.333. The summed E-state index contributed by atoms with van der Waals surface area (Å²) in [5, 5.41) is 0. The van der Waals surface area contributed by atoms with E-state index in [2.05, 4.69) is 18.1 Å². The van der Waals surface area contributed by atoms with Gasteiger partial charge >= 0.3 is 0 Å². The molecule has 2 heteroatoms. The smallest absolute Gasteiger partial charge is 0.214 e. The molecule has 0 bridgehead atoms. The van der Waals surface area contributed by atoms with Crippen molar-refractivity contribution in [3.8, 4) is 12.3 Å². The molecule has 0 heterocycles. The van der Waals surface area contributed by atoms with Crippen LogP contribution in [0.25, 0.3) is 0 Å². The minimum absolute atomic E-state index is 0.333. The van der Waals surface area contributed by atoms with Crippen molar-refractivity contribution in [2.24, 2.45) is 5.73 Å². The molecule has 0 aromatic heterocycles. The lowest BCUT2D eigenvalue weighted by molar-refractivity contribution is -0.115. The third-order valence-electron chi connectivity index (χ3n) is 0. The molecule has 2 N–H and O–H groups in total. The summed E-state index contributed by atoms with van der Waals surface area (Å²) in [6.45, 7) is 2.96. The van der Waals surface area contributed by atoms with Crippen LogP contribution >= 0.6 is 0 Å². The van der Waals surface area contributed by atoms with Gasteiger partial charge in [0.15, 0.2) is 0 Å². The Kier molecular flexibility index (Phi) is 11.9. The van der Waals surface area contributed by atoms with E-state index < -0.39 is 0 Å². The summed E-state index contributed by atoms with van der Waals surface area (Å²) >= 11 is 0. The number of primary amides is 1. The van der Waals surface area contributed by atoms with Crippen LogP contribution in [-0.2, 0) is 4.79 Å². The van der Waals surface area contributed by atoms with Gasteiger partial charge < -0.3 is 5.73 Å². The molecule has 0 saturated heterocycles. The van der Waals surface area contributed by atoms with Crippen molar-refractivity contribution >= 4 is 5.91 Å². The van der Waals surface area contributed by atoms with Gasteiger partial charge in [-0.25, -0.2) is 0 Å². The van der Waals surface area contributed by atoms with Gasteiger partial charge in [-0.3, -0.25) is 4.79 Å². The minimum Gasteiger partial charge on any atom is -0.370 e. The maximum Gasteiger partial charge on any atom is 0.214 e. The largest absolute Gasteiger partial charge is 0.370 e. The molecule has 0 aliphatic heterocycles. The summed E-state index contributed by atoms with van der Waals surface area (Å²) in [6, 6.07) is 0. The Balaban J connectivity index is 0. The molecule has 40 valence electrons. The van der Waals surface area contributed by atoms with Crippen LogP contribution in [0.1, 0.15) is 13.8 Å². The van der Waals surface area contributed by atoms with Crippen LogP contribution < -0.4 is 5.73 Å². The molecule has 0 spiro atoms. The topological polar surface area (TPSA) is 43.1 Å². The van der Waals surface area contributed by atoms with E-state index in [4.69, 9.17) is 0 Å². The van der Waals surface area contributed by atoms with E-state index in [1.165, 1.54) is 6.92 Å². The van der Waals surface area contributed by atoms with Gasteiger partial charge in [-0.05, 0) is 6.92 Å². The molecule has 0 aromatic carbocycles. The zero-order chi connectivity index (χ0) is 6.28. The first kappa shape index (κ1) is 9.39. The zero-order valence-corrected chi connectivity index (χ0v) is 4.56. The molecular weight excluding hydrogens is 90.1 g/mol. The second-order valence-corrected chi connectivity index (χ2v) is 0.899. The number of terminal acetylenes is 1. The van der Waals surface area contributed by atoms with E-state index in [-0.39, 0.29) is 5.91 Å². The molecule has 2 nitrogen and oxygen atoms in total. The summed E-state index contributed by atoms with van der Waals surface area (Å²) in [6.07, 6.45) is 4.60. The highest BCUT2D eigenvalue weighted by molar-refractivity contribution is 5.70. The van der Waals surface area contributed by atoms with Crippen LogP contribution in [0.3, 0.4) is 0 Å². The number of carbonyl (C=O) groups excluding carboxylic acids is 1. The molecule has 1 amide bonds. The van der Waals surface area contributed by atoms with E-state index >= 15 is 0 Å². The van der Waals surface area contributed by atoms with Crippen molar-refractivity contribution in [2.45, 2.75) is 13.8 Å². The van der Waals surface area contributed by atoms with Gasteiger partial charge in [0, 0.05) is 6.92 Å². The third-order valence-corrected chi connectivity index (χ3v) is 0. The number of rotatable bonds is 0. The van der Waals surface area contributed by atoms with Gasteiger partial charge in [0.1, 0.15) is 0 Å². The molecule has 0 aliphatic carbocycles. The standard InChI is InChI=1S/C3H4.C2H5NO/c1-3-2;1-2(3)4/h1H,2H3;1H3,(H2,3,4). The second kappa shape index (κ2) is 8.90. The van der Waals surface area contributed by atoms with Crippen molar-refractivity contribution in [3.63, 3.8) is 0 Å². The summed E-state index contributed by atoms with van der Waals surface area (Å²) in [7, 11) is 0. The fraction of sp³-hybridized carbons (Fsp3) is 0.400. The average molecular weight is 99.1 g/mol. The average Bonchev–Trinajstić information content (AvgIpc) is 1.33. The quantitative estimate of drug-likeness (QED) is 0.431. The van der Waals surface area contributed by atoms with E-state index in [1.807, 2.05) is 0 Å². The molecule has 0 radical (unpaired) electrons. The fourth-order valence-corrected chi connectivity index (χ4v) is 0. The molecular formula is C5H9NO. The Labute approximate surface area is 43.7 Å². The van der Waals surface area contributed by atoms with Crippen molar-refractivity contribution in [3.05, 3.63) is 0 Å². The Morgan fingerprint density at radius 2 is 1.86 bits per heavy atom. The van der Waals surface area contributed by atoms with Crippen LogP contribution in [0.5, 0.6) is 0 Å². The molecule has 7 heavy (non-hydrogen) atoms. The zero-order valence-electron chi connectivity index (χ0n) is 4.56. The SMILES string of the molecule is C#CC.CC(N)=O. The highest BCUT2D eigenvalue weighted by Gasteiger charge is 1.61. The normalized spacial score (nSPS) is 4.71. The predicted octanol–water partition coefficient (Wildman–Crippen LogP) is 0.131. The Bertz CT molecular complexity index is 76.6. The van der Waals surface area contributed by atoms with E-state index in [0.29, 0.717) is 0 Å². The Hall–Kier alpha value is -0.970. The fourth-order valence-electron chi connectivity index (χ4n) is 0. The van der Waals surface area contributed by atoms with E-state index in [9.17, 15) is 4.79 Å². The Morgan fingerprint density at radius 3 is 1.86 bits per heavy atom. The van der Waals surface area contributed by atoms with Crippen LogP contribution in [0.4, 0.5) is 0 Å². The van der Waals surface area contributed by atoms with Crippen LogP contribution in [0.15, 0.2) is 0 Å². The van der Waals surface area contributed by atoms with Crippen LogP contribution in [0, 0.1) is 12.3 Å². The number of hydrogen-bond donors (Lipinski definition) is 1. The van der Waals surface area contributed by atoms with Crippen LogP contribution in [-0.4, -0.2) is 5.91 Å². The summed E-state index contributed by atoms with van der Waals surface area (Å²) in [5.41, 5.74) is 4.47. The predicted molar refractivity (Wildman–Crippen MR) is 29.4 cm³/mol. The lowest BCUT2D eigenvalue weighted by Gasteiger charge is -1.60. The first-order chi connectivity index (χ1) is 3.15. The number of hydrogen-bond acceptors (Lipinski definition) is 1. The summed E-state index contributed by atoms with van der Waals surface area (Å²) < 4.78 is 0. The molecule has 0 unspecified atom stereocenters. The highest BCUT2D eigenvalue weighted by atomic mass is 16.1. The van der Waals surface area contributed by atoms with Crippen molar-refractivity contribution < 1.29 is 4.79 Å². The van der Waals surface area contributed by atoms with Gasteiger partial charge in [0.25, 0.3) is 0 Å². The molecule has 0 aliphatic rings. The van der Waals surface area contributed by atoms with Crippen molar-refractivity contribution in [1.29, 1.82) is 0 Å². The monoisotopic (exact) mass is 99.1 g/mol. The van der Waals surface area contributed by atoms with Crippen LogP contribution in [0.2, 0.25) is 0 Å². The Morgan fingerprint density at radius 1 is 1.86 bits per heavy atom. The summed E-state index contributed by atoms with van der Waals surface area (Å²) in [5.74, 6) is 1.92. The lowest BCUT2D eigenvalue weighted by Crippen LogP contribution is -2.01. The maximum atomic E-state index is 9.22. The lowest BCUT2D eigenvalue weighted by atomic mass is 10.8. The van der Waals surface area contributed by atoms with E-state index in [0.717, 1.165) is 0 Å². The molecule has 0 aromatic rings. The highest BCUT2D eigenvalue weighted by Crippen LogP contribution is 1.33. The van der Waals surface area contributed by atoms with Crippen molar-refractivity contribution in [2.75, 3.05) is 0 Å². The molecule has 0 rings (SSSR count). The number of nitrogens with two attached hydrogens (primary N) is 1. The molecule has 0 atom stereocenters. The van der Waals surface area contributed by atoms with E-state index in [1.54, 1.807) is 6.92 Å². The first-order valence-corrected chi connectivity index (χ1v) is 1.78. The third kappa shape index (κ3) is 49.1. The van der Waals surface area contributed by atoms with Gasteiger partial charge in [-0.2, -0.15) is 0 Å². The molecule has 0 fully saturated rings. The number of amides is 1. The second-order valence-electron chi connectivity index (χ2n) is 0.899. The van der Waals surface area contributed by atoms with Gasteiger partial charge in [0.05, 0.1) is 0 Å². The van der Waals surface area contributed by atoms with Gasteiger partial charge in [-0.15, -0.1) is 12.3 Å². The molecule has 0 saturated carbocycles. The summed E-state index contributed by atoms with van der Waals surface area (Å²) in [4.78, 5) is 9.22. The van der Waals surface area contributed by atoms with Crippen molar-refractivity contribution in [1.82, 2.24) is 0 Å². The van der Waals surface area contributed by atoms with Gasteiger partial charge in [0.2, 0.25) is 5.91 Å². The maximum absolute atomic E-state index is 9.22. The number of carbonyl (C=O) groups is 1. The van der Waals surface area contributed by atoms with Gasteiger partial charge in [-0.1, -0.05) is 0 Å². The first-order valence-electron chi connectivity index (χ1n) is 1.78.